The van der Waals surface area contributed by atoms with Gasteiger partial charge in [0.25, 0.3) is 0 Å². The standard InChI is InChI=1S/C24H20N2O4/c1-28-20-14-8-13-19(22(20)29-2)23(30-24(27)16-9-4-3-5-10-16)21-18-12-7-6-11-17(18)15-25-26-21/h3-15,23H,1-2H3/t23-/m1/s1. The second-order valence-corrected chi connectivity index (χ2v) is 6.55. The van der Waals surface area contributed by atoms with Crippen LogP contribution < -0.4 is 9.47 Å². The minimum atomic E-state index is -0.846. The zero-order valence-electron chi connectivity index (χ0n) is 16.6. The Balaban J connectivity index is 1.89. The number of ether oxygens (including phenoxy) is 3. The van der Waals surface area contributed by atoms with Gasteiger partial charge in [-0.1, -0.05) is 54.6 Å². The Labute approximate surface area is 174 Å². The molecule has 6 heteroatoms. The van der Waals surface area contributed by atoms with Crippen molar-refractivity contribution in [1.82, 2.24) is 10.2 Å². The molecule has 3 aromatic carbocycles. The minimum Gasteiger partial charge on any atom is -0.493 e. The summed E-state index contributed by atoms with van der Waals surface area (Å²) < 4.78 is 17.0. The summed E-state index contributed by atoms with van der Waals surface area (Å²) >= 11 is 0. The van der Waals surface area contributed by atoms with Crippen LogP contribution in [-0.2, 0) is 4.74 Å². The van der Waals surface area contributed by atoms with Gasteiger partial charge < -0.3 is 14.2 Å². The summed E-state index contributed by atoms with van der Waals surface area (Å²) in [4.78, 5) is 12.9. The highest BCUT2D eigenvalue weighted by Gasteiger charge is 2.28. The Morgan fingerprint density at radius 3 is 2.40 bits per heavy atom. The van der Waals surface area contributed by atoms with Gasteiger partial charge in [-0.25, -0.2) is 4.79 Å². The third-order valence-electron chi connectivity index (χ3n) is 4.80. The maximum absolute atomic E-state index is 12.9. The fraction of sp³-hybridized carbons (Fsp3) is 0.125. The second kappa shape index (κ2) is 8.61. The zero-order chi connectivity index (χ0) is 20.9. The van der Waals surface area contributed by atoms with E-state index in [2.05, 4.69) is 10.2 Å². The number of hydrogen-bond acceptors (Lipinski definition) is 6. The van der Waals surface area contributed by atoms with Crippen LogP contribution >= 0.6 is 0 Å². The molecule has 0 spiro atoms. The van der Waals surface area contributed by atoms with Gasteiger partial charge in [-0.2, -0.15) is 10.2 Å². The lowest BCUT2D eigenvalue weighted by atomic mass is 10.00. The molecule has 0 amide bonds. The van der Waals surface area contributed by atoms with E-state index < -0.39 is 12.1 Å². The Morgan fingerprint density at radius 2 is 1.63 bits per heavy atom. The summed E-state index contributed by atoms with van der Waals surface area (Å²) in [6, 6.07) is 22.0. The van der Waals surface area contributed by atoms with Gasteiger partial charge in [0.15, 0.2) is 17.6 Å². The number of fused-ring (bicyclic) bond motifs is 1. The highest BCUT2D eigenvalue weighted by atomic mass is 16.5. The molecule has 4 aromatic rings. The third-order valence-corrected chi connectivity index (χ3v) is 4.80. The lowest BCUT2D eigenvalue weighted by Crippen LogP contribution is -2.16. The van der Waals surface area contributed by atoms with E-state index in [0.717, 1.165) is 10.8 Å². The number of carbonyl (C=O) groups is 1. The molecule has 1 aromatic heterocycles. The van der Waals surface area contributed by atoms with Crippen LogP contribution in [0.5, 0.6) is 11.5 Å². The van der Waals surface area contributed by atoms with Crippen LogP contribution in [0.15, 0.2) is 79.0 Å². The molecule has 0 unspecified atom stereocenters. The van der Waals surface area contributed by atoms with E-state index >= 15 is 0 Å². The van der Waals surface area contributed by atoms with Gasteiger partial charge in [0.05, 0.1) is 26.0 Å². The van der Waals surface area contributed by atoms with Crippen molar-refractivity contribution in [1.29, 1.82) is 0 Å². The average Bonchev–Trinajstić information content (AvgIpc) is 2.82. The maximum atomic E-state index is 12.9. The number of methoxy groups -OCH3 is 2. The molecule has 0 radical (unpaired) electrons. The first-order valence-electron chi connectivity index (χ1n) is 9.40. The van der Waals surface area contributed by atoms with E-state index in [4.69, 9.17) is 14.2 Å². The molecule has 150 valence electrons. The van der Waals surface area contributed by atoms with Crippen LogP contribution in [0.25, 0.3) is 10.8 Å². The van der Waals surface area contributed by atoms with Crippen molar-refractivity contribution >= 4 is 16.7 Å². The molecule has 1 heterocycles. The zero-order valence-corrected chi connectivity index (χ0v) is 16.6. The third kappa shape index (κ3) is 3.67. The lowest BCUT2D eigenvalue weighted by Gasteiger charge is -2.22. The maximum Gasteiger partial charge on any atom is 0.339 e. The van der Waals surface area contributed by atoms with Crippen LogP contribution in [0.4, 0.5) is 0 Å². The summed E-state index contributed by atoms with van der Waals surface area (Å²) in [6.45, 7) is 0. The van der Waals surface area contributed by atoms with Crippen LogP contribution in [0.3, 0.4) is 0 Å². The number of nitrogens with zero attached hydrogens (tertiary/aromatic N) is 2. The molecule has 30 heavy (non-hydrogen) atoms. The van der Waals surface area contributed by atoms with Gasteiger partial charge in [-0.05, 0) is 18.2 Å². The highest BCUT2D eigenvalue weighted by molar-refractivity contribution is 5.90. The molecule has 1 atom stereocenters. The van der Waals surface area contributed by atoms with E-state index in [9.17, 15) is 4.79 Å². The minimum absolute atomic E-state index is 0.442. The Morgan fingerprint density at radius 1 is 0.867 bits per heavy atom. The molecular formula is C24H20N2O4. The molecule has 0 saturated heterocycles. The number of carbonyl (C=O) groups excluding carboxylic acids is 1. The fourth-order valence-electron chi connectivity index (χ4n) is 3.38. The summed E-state index contributed by atoms with van der Waals surface area (Å²) in [5.74, 6) is 0.532. The van der Waals surface area contributed by atoms with Gasteiger partial charge in [-0.3, -0.25) is 0 Å². The first-order chi connectivity index (χ1) is 14.7. The van der Waals surface area contributed by atoms with Gasteiger partial charge in [0.2, 0.25) is 0 Å². The molecule has 0 N–H and O–H groups in total. The van der Waals surface area contributed by atoms with Crippen molar-refractivity contribution in [2.45, 2.75) is 6.10 Å². The van der Waals surface area contributed by atoms with Crippen molar-refractivity contribution in [3.63, 3.8) is 0 Å². The summed E-state index contributed by atoms with van der Waals surface area (Å²) in [7, 11) is 3.11. The highest BCUT2D eigenvalue weighted by Crippen LogP contribution is 2.40. The number of benzene rings is 3. The van der Waals surface area contributed by atoms with Gasteiger partial charge in [0.1, 0.15) is 5.69 Å². The van der Waals surface area contributed by atoms with E-state index in [1.807, 2.05) is 42.5 Å². The first-order valence-corrected chi connectivity index (χ1v) is 9.40. The van der Waals surface area contributed by atoms with Gasteiger partial charge in [-0.15, -0.1) is 0 Å². The van der Waals surface area contributed by atoms with Gasteiger partial charge >= 0.3 is 5.97 Å². The largest absolute Gasteiger partial charge is 0.493 e. The quantitative estimate of drug-likeness (QED) is 0.441. The van der Waals surface area contributed by atoms with Gasteiger partial charge in [0, 0.05) is 16.3 Å². The van der Waals surface area contributed by atoms with Crippen LogP contribution in [0, 0.1) is 0 Å². The van der Waals surface area contributed by atoms with Crippen molar-refractivity contribution in [3.8, 4) is 11.5 Å². The van der Waals surface area contributed by atoms with Crippen molar-refractivity contribution in [2.75, 3.05) is 14.2 Å². The van der Waals surface area contributed by atoms with E-state index in [1.54, 1.807) is 50.7 Å². The van der Waals surface area contributed by atoms with Crippen molar-refractivity contribution in [3.05, 3.63) is 95.8 Å². The Hall–Kier alpha value is -3.93. The van der Waals surface area contributed by atoms with E-state index in [0.29, 0.717) is 28.3 Å². The molecule has 6 nitrogen and oxygen atoms in total. The van der Waals surface area contributed by atoms with Crippen LogP contribution in [0.1, 0.15) is 27.7 Å². The summed E-state index contributed by atoms with van der Waals surface area (Å²) in [5.41, 5.74) is 1.58. The average molecular weight is 400 g/mol. The number of rotatable bonds is 6. The predicted molar refractivity (Wildman–Crippen MR) is 113 cm³/mol. The molecule has 4 rings (SSSR count). The lowest BCUT2D eigenvalue weighted by molar-refractivity contribution is 0.0367. The van der Waals surface area contributed by atoms with E-state index in [1.165, 1.54) is 0 Å². The SMILES string of the molecule is COc1cccc([C@@H](OC(=O)c2ccccc2)c2nncc3ccccc23)c1OC. The van der Waals surface area contributed by atoms with Crippen molar-refractivity contribution in [2.24, 2.45) is 0 Å². The summed E-state index contributed by atoms with van der Waals surface area (Å²) in [6.07, 6.45) is 0.832. The Bertz CT molecular complexity index is 1170. The molecule has 0 bridgehead atoms. The van der Waals surface area contributed by atoms with E-state index in [-0.39, 0.29) is 0 Å². The summed E-state index contributed by atoms with van der Waals surface area (Å²) in [5, 5.41) is 10.2. The monoisotopic (exact) mass is 400 g/mol. The topological polar surface area (TPSA) is 70.5 Å². The molecule has 0 saturated carbocycles. The fourth-order valence-corrected chi connectivity index (χ4v) is 3.38. The molecular weight excluding hydrogens is 380 g/mol. The number of aromatic nitrogens is 2. The first kappa shape index (κ1) is 19.4. The van der Waals surface area contributed by atoms with Crippen molar-refractivity contribution < 1.29 is 19.0 Å². The van der Waals surface area contributed by atoms with Crippen LogP contribution in [0.2, 0.25) is 0 Å². The molecule has 0 fully saturated rings. The predicted octanol–water partition coefficient (Wildman–Crippen LogP) is 4.59. The smallest absolute Gasteiger partial charge is 0.339 e. The Kier molecular flexibility index (Phi) is 5.57. The second-order valence-electron chi connectivity index (χ2n) is 6.55. The normalized spacial score (nSPS) is 11.7. The number of para-hydroxylation sites is 1. The van der Waals surface area contributed by atoms with Crippen LogP contribution in [-0.4, -0.2) is 30.4 Å². The molecule has 0 aliphatic heterocycles. The molecule has 0 aliphatic carbocycles. The molecule has 0 aliphatic rings. The number of esters is 1. The number of hydrogen-bond donors (Lipinski definition) is 0.